The molecule has 0 saturated heterocycles. The minimum Gasteiger partial charge on any atom is -0.293 e. The van der Waals surface area contributed by atoms with Gasteiger partial charge in [-0.25, -0.2) is 0 Å². The summed E-state index contributed by atoms with van der Waals surface area (Å²) in [5.74, 6) is -0.262. The van der Waals surface area contributed by atoms with Gasteiger partial charge in [0.2, 0.25) is 0 Å². The Morgan fingerprint density at radius 3 is 1.67 bits per heavy atom. The second-order valence-electron chi connectivity index (χ2n) is 5.41. The lowest BCUT2D eigenvalue weighted by Crippen LogP contribution is -2.28. The zero-order valence-corrected chi connectivity index (χ0v) is 11.7. The molecular formula is C19H16O2. The average molecular weight is 276 g/mol. The summed E-state index contributed by atoms with van der Waals surface area (Å²) in [4.78, 5) is 25.7. The summed E-state index contributed by atoms with van der Waals surface area (Å²) in [5, 5.41) is 0. The number of allylic oxidation sites excluding steroid dienone is 1. The third-order valence-corrected chi connectivity index (χ3v) is 4.18. The summed E-state index contributed by atoms with van der Waals surface area (Å²) in [6.45, 7) is 3.77. The van der Waals surface area contributed by atoms with E-state index in [2.05, 4.69) is 6.58 Å². The van der Waals surface area contributed by atoms with Gasteiger partial charge in [0.15, 0.2) is 11.6 Å². The summed E-state index contributed by atoms with van der Waals surface area (Å²) in [6.07, 6.45) is 2.28. The Morgan fingerprint density at radius 1 is 0.905 bits per heavy atom. The van der Waals surface area contributed by atoms with Crippen molar-refractivity contribution in [3.8, 4) is 0 Å². The number of ketones is 2. The standard InChI is InChI=1S/C19H16O2/c1-2-16-13-19(16,17(20)14-9-5-3-6-10-14)18(21)15-11-7-4-8-12-15/h2-12,16H,1,13H2/t16-/m1/s1. The molecule has 2 heteroatoms. The molecule has 0 bridgehead atoms. The fourth-order valence-corrected chi connectivity index (χ4v) is 2.89. The summed E-state index contributed by atoms with van der Waals surface area (Å²) >= 11 is 0. The van der Waals surface area contributed by atoms with Crippen molar-refractivity contribution in [2.75, 3.05) is 0 Å². The van der Waals surface area contributed by atoms with E-state index in [4.69, 9.17) is 0 Å². The highest BCUT2D eigenvalue weighted by molar-refractivity contribution is 6.22. The predicted molar refractivity (Wildman–Crippen MR) is 82.3 cm³/mol. The van der Waals surface area contributed by atoms with Gasteiger partial charge in [-0.1, -0.05) is 66.7 Å². The topological polar surface area (TPSA) is 34.1 Å². The van der Waals surface area contributed by atoms with Gasteiger partial charge in [-0.3, -0.25) is 9.59 Å². The molecule has 1 aliphatic rings. The molecule has 0 aliphatic heterocycles. The van der Waals surface area contributed by atoms with E-state index in [0.29, 0.717) is 17.5 Å². The molecule has 2 nitrogen and oxygen atoms in total. The fourth-order valence-electron chi connectivity index (χ4n) is 2.89. The molecule has 1 fully saturated rings. The van der Waals surface area contributed by atoms with Gasteiger partial charge in [0, 0.05) is 11.1 Å². The third kappa shape index (κ3) is 2.13. The number of hydrogen-bond donors (Lipinski definition) is 0. The van der Waals surface area contributed by atoms with E-state index in [9.17, 15) is 9.59 Å². The Morgan fingerprint density at radius 2 is 1.33 bits per heavy atom. The van der Waals surface area contributed by atoms with E-state index in [-0.39, 0.29) is 17.5 Å². The molecule has 0 aromatic heterocycles. The molecule has 0 N–H and O–H groups in total. The second-order valence-corrected chi connectivity index (χ2v) is 5.41. The van der Waals surface area contributed by atoms with Gasteiger partial charge in [0.1, 0.15) is 5.41 Å². The summed E-state index contributed by atoms with van der Waals surface area (Å²) < 4.78 is 0. The van der Waals surface area contributed by atoms with Gasteiger partial charge in [-0.05, 0) is 12.3 Å². The highest BCUT2D eigenvalue weighted by Crippen LogP contribution is 2.57. The summed E-state index contributed by atoms with van der Waals surface area (Å²) in [5.41, 5.74) is 0.224. The first kappa shape index (κ1) is 13.5. The van der Waals surface area contributed by atoms with Gasteiger partial charge < -0.3 is 0 Å². The van der Waals surface area contributed by atoms with Crippen LogP contribution < -0.4 is 0 Å². The molecule has 1 atom stereocenters. The van der Waals surface area contributed by atoms with Gasteiger partial charge in [0.05, 0.1) is 0 Å². The van der Waals surface area contributed by atoms with Crippen molar-refractivity contribution in [3.05, 3.63) is 84.4 Å². The lowest BCUT2D eigenvalue weighted by molar-refractivity contribution is 0.0773. The molecule has 0 radical (unpaired) electrons. The Kier molecular flexibility index (Phi) is 3.30. The smallest absolute Gasteiger partial charge is 0.177 e. The van der Waals surface area contributed by atoms with Crippen LogP contribution in [0.3, 0.4) is 0 Å². The molecule has 21 heavy (non-hydrogen) atoms. The highest BCUT2D eigenvalue weighted by atomic mass is 16.2. The van der Waals surface area contributed by atoms with Crippen LogP contribution in [0.1, 0.15) is 27.1 Å². The molecule has 3 rings (SSSR count). The normalized spacial score (nSPS) is 18.8. The van der Waals surface area contributed by atoms with Gasteiger partial charge in [-0.15, -0.1) is 6.58 Å². The van der Waals surface area contributed by atoms with Crippen molar-refractivity contribution in [1.29, 1.82) is 0 Å². The third-order valence-electron chi connectivity index (χ3n) is 4.18. The van der Waals surface area contributed by atoms with E-state index in [0.717, 1.165) is 0 Å². The average Bonchev–Trinajstić information content (AvgIpc) is 3.31. The number of rotatable bonds is 5. The SMILES string of the molecule is C=C[C@@H]1CC1(C(=O)c1ccccc1)C(=O)c1ccccc1. The molecular weight excluding hydrogens is 260 g/mol. The van der Waals surface area contributed by atoms with Gasteiger partial charge in [0.25, 0.3) is 0 Å². The van der Waals surface area contributed by atoms with Crippen LogP contribution in [0, 0.1) is 11.3 Å². The molecule has 104 valence electrons. The predicted octanol–water partition coefficient (Wildman–Crippen LogP) is 3.94. The van der Waals surface area contributed by atoms with E-state index < -0.39 is 5.41 Å². The van der Waals surface area contributed by atoms with E-state index in [1.165, 1.54) is 0 Å². The zero-order valence-electron chi connectivity index (χ0n) is 11.7. The molecule has 0 amide bonds. The second kappa shape index (κ2) is 5.13. The fraction of sp³-hybridized carbons (Fsp3) is 0.158. The van der Waals surface area contributed by atoms with E-state index in [1.807, 2.05) is 36.4 Å². The van der Waals surface area contributed by atoms with Crippen molar-refractivity contribution < 1.29 is 9.59 Å². The Bertz CT molecular complexity index is 635. The number of Topliss-reactive ketones (excluding diaryl/α,β-unsaturated/α-hetero) is 2. The largest absolute Gasteiger partial charge is 0.293 e. The number of hydrogen-bond acceptors (Lipinski definition) is 2. The van der Waals surface area contributed by atoms with E-state index >= 15 is 0 Å². The lowest BCUT2D eigenvalue weighted by Gasteiger charge is -2.14. The Labute approximate surface area is 124 Å². The van der Waals surface area contributed by atoms with Crippen LogP contribution in [0.5, 0.6) is 0 Å². The van der Waals surface area contributed by atoms with Crippen LogP contribution in [0.25, 0.3) is 0 Å². The zero-order chi connectivity index (χ0) is 14.9. The number of carbonyl (C=O) groups excluding carboxylic acids is 2. The van der Waals surface area contributed by atoms with Gasteiger partial charge in [-0.2, -0.15) is 0 Å². The first-order chi connectivity index (χ1) is 10.2. The van der Waals surface area contributed by atoms with Crippen LogP contribution in [0.2, 0.25) is 0 Å². The van der Waals surface area contributed by atoms with Crippen LogP contribution in [-0.4, -0.2) is 11.6 Å². The van der Waals surface area contributed by atoms with Crippen LogP contribution in [-0.2, 0) is 0 Å². The van der Waals surface area contributed by atoms with Crippen LogP contribution in [0.4, 0.5) is 0 Å². The molecule has 2 aromatic rings. The maximum atomic E-state index is 12.8. The number of benzene rings is 2. The highest BCUT2D eigenvalue weighted by Gasteiger charge is 2.63. The Balaban J connectivity index is 2.00. The monoisotopic (exact) mass is 276 g/mol. The molecule has 1 aliphatic carbocycles. The maximum Gasteiger partial charge on any atom is 0.177 e. The van der Waals surface area contributed by atoms with Crippen molar-refractivity contribution in [2.45, 2.75) is 6.42 Å². The Hall–Kier alpha value is -2.48. The first-order valence-corrected chi connectivity index (χ1v) is 7.02. The molecule has 0 heterocycles. The minimum atomic E-state index is -0.954. The van der Waals surface area contributed by atoms with Gasteiger partial charge >= 0.3 is 0 Å². The van der Waals surface area contributed by atoms with Crippen molar-refractivity contribution in [2.24, 2.45) is 11.3 Å². The number of carbonyl (C=O) groups is 2. The summed E-state index contributed by atoms with van der Waals surface area (Å²) in [6, 6.07) is 18.1. The van der Waals surface area contributed by atoms with Crippen molar-refractivity contribution in [1.82, 2.24) is 0 Å². The molecule has 0 unspecified atom stereocenters. The van der Waals surface area contributed by atoms with Crippen molar-refractivity contribution >= 4 is 11.6 Å². The quantitative estimate of drug-likeness (QED) is 0.471. The van der Waals surface area contributed by atoms with Crippen molar-refractivity contribution in [3.63, 3.8) is 0 Å². The maximum absolute atomic E-state index is 12.8. The lowest BCUT2D eigenvalue weighted by atomic mass is 9.85. The molecule has 1 saturated carbocycles. The van der Waals surface area contributed by atoms with Crippen LogP contribution >= 0.6 is 0 Å². The van der Waals surface area contributed by atoms with Crippen LogP contribution in [0.15, 0.2) is 73.3 Å². The molecule has 2 aromatic carbocycles. The molecule has 0 spiro atoms. The van der Waals surface area contributed by atoms with E-state index in [1.54, 1.807) is 30.3 Å². The first-order valence-electron chi connectivity index (χ1n) is 7.02. The summed E-state index contributed by atoms with van der Waals surface area (Å²) in [7, 11) is 0. The minimum absolute atomic E-state index is 0.0714.